The predicted molar refractivity (Wildman–Crippen MR) is 128 cm³/mol. The molecule has 2 N–H and O–H groups in total. The Labute approximate surface area is 197 Å². The van der Waals surface area contributed by atoms with Crippen molar-refractivity contribution < 1.29 is 23.0 Å². The molecule has 1 aromatic carbocycles. The molecular weight excluding hydrogens is 442 g/mol. The number of pyridine rings is 1. The molecule has 1 atom stereocenters. The van der Waals surface area contributed by atoms with Gasteiger partial charge in [-0.05, 0) is 31.4 Å². The first-order chi connectivity index (χ1) is 16.1. The number of rotatable bonds is 7. The number of anilines is 1. The Morgan fingerprint density at radius 1 is 1.21 bits per heavy atom. The van der Waals surface area contributed by atoms with Gasteiger partial charge < -0.3 is 24.5 Å². The van der Waals surface area contributed by atoms with Gasteiger partial charge in [0.1, 0.15) is 18.0 Å². The monoisotopic (exact) mass is 472 g/mol. The normalized spacial score (nSPS) is 18.3. The second-order valence-corrected chi connectivity index (χ2v) is 9.51. The predicted octanol–water partition coefficient (Wildman–Crippen LogP) is 5.99. The van der Waals surface area contributed by atoms with Crippen molar-refractivity contribution in [3.05, 3.63) is 47.8 Å². The van der Waals surface area contributed by atoms with E-state index in [1.54, 1.807) is 6.07 Å². The van der Waals surface area contributed by atoms with Crippen molar-refractivity contribution in [3.8, 4) is 11.5 Å². The number of aliphatic imine (C=N–C) groups is 1. The molecule has 0 fully saturated rings. The summed E-state index contributed by atoms with van der Waals surface area (Å²) in [5, 5.41) is 3.54. The Kier molecular flexibility index (Phi) is 6.74. The van der Waals surface area contributed by atoms with Crippen LogP contribution in [0.2, 0.25) is 0 Å². The first-order valence-corrected chi connectivity index (χ1v) is 11.3. The molecule has 3 aromatic rings. The van der Waals surface area contributed by atoms with Crippen LogP contribution in [0.15, 0.2) is 35.6 Å². The largest absolute Gasteiger partial charge is 0.464 e. The molecule has 182 valence electrons. The van der Waals surface area contributed by atoms with Crippen LogP contribution in [-0.4, -0.2) is 41.9 Å². The zero-order valence-corrected chi connectivity index (χ0v) is 20.0. The summed E-state index contributed by atoms with van der Waals surface area (Å²) < 4.78 is 46.9. The topological polar surface area (TPSA) is 80.8 Å². The van der Waals surface area contributed by atoms with Crippen LogP contribution in [0.4, 0.5) is 14.5 Å². The highest BCUT2D eigenvalue weighted by atomic mass is 19.1. The maximum absolute atomic E-state index is 14.9. The molecule has 1 aliphatic rings. The third-order valence-corrected chi connectivity index (χ3v) is 5.58. The molecule has 4 rings (SSSR count). The summed E-state index contributed by atoms with van der Waals surface area (Å²) in [6.45, 7) is 11.4. The lowest BCUT2D eigenvalue weighted by molar-refractivity contribution is -0.00975. The molecule has 3 heterocycles. The van der Waals surface area contributed by atoms with Gasteiger partial charge in [-0.3, -0.25) is 0 Å². The Morgan fingerprint density at radius 2 is 1.94 bits per heavy atom. The van der Waals surface area contributed by atoms with Crippen molar-refractivity contribution in [1.29, 1.82) is 0 Å². The highest BCUT2D eigenvalue weighted by Crippen LogP contribution is 2.37. The van der Waals surface area contributed by atoms with E-state index in [1.807, 2.05) is 40.8 Å². The number of nitrogens with one attached hydrogen (secondary N) is 2. The fourth-order valence-electron chi connectivity index (χ4n) is 3.68. The van der Waals surface area contributed by atoms with E-state index in [0.29, 0.717) is 36.5 Å². The van der Waals surface area contributed by atoms with Gasteiger partial charge in [0.15, 0.2) is 17.4 Å². The van der Waals surface area contributed by atoms with Crippen LogP contribution >= 0.6 is 0 Å². The fraction of sp³-hybridized carbons (Fsp3) is 0.440. The number of fused-ring (bicyclic) bond motifs is 1. The van der Waals surface area contributed by atoms with E-state index in [9.17, 15) is 8.78 Å². The number of H-pyrrole nitrogens is 1. The van der Waals surface area contributed by atoms with Gasteiger partial charge >= 0.3 is 0 Å². The van der Waals surface area contributed by atoms with Crippen LogP contribution in [0.1, 0.15) is 46.1 Å². The van der Waals surface area contributed by atoms with Crippen LogP contribution in [0, 0.1) is 17.0 Å². The Morgan fingerprint density at radius 3 is 2.56 bits per heavy atom. The van der Waals surface area contributed by atoms with E-state index < -0.39 is 17.4 Å². The summed E-state index contributed by atoms with van der Waals surface area (Å²) in [4.78, 5) is 11.7. The molecule has 7 nitrogen and oxygen atoms in total. The first-order valence-electron chi connectivity index (χ1n) is 11.3. The highest BCUT2D eigenvalue weighted by molar-refractivity contribution is 5.90. The number of benzene rings is 1. The van der Waals surface area contributed by atoms with Crippen LogP contribution in [-0.2, 0) is 9.47 Å². The Bertz CT molecular complexity index is 1190. The van der Waals surface area contributed by atoms with Gasteiger partial charge in [0, 0.05) is 35.6 Å². The zero-order valence-electron chi connectivity index (χ0n) is 20.0. The van der Waals surface area contributed by atoms with E-state index in [0.717, 1.165) is 17.7 Å². The van der Waals surface area contributed by atoms with E-state index >= 15 is 0 Å². The average molecular weight is 473 g/mol. The molecule has 0 bridgehead atoms. The summed E-state index contributed by atoms with van der Waals surface area (Å²) in [6.07, 6.45) is 3.48. The molecule has 9 heteroatoms. The number of amidine groups is 1. The molecule has 1 unspecified atom stereocenters. The summed E-state index contributed by atoms with van der Waals surface area (Å²) in [7, 11) is 0. The van der Waals surface area contributed by atoms with Gasteiger partial charge in [0.2, 0.25) is 0 Å². The van der Waals surface area contributed by atoms with Crippen molar-refractivity contribution >= 4 is 22.7 Å². The minimum atomic E-state index is -0.847. The van der Waals surface area contributed by atoms with E-state index in [-0.39, 0.29) is 29.1 Å². The Hall–Kier alpha value is -3.20. The molecule has 1 aliphatic heterocycles. The second kappa shape index (κ2) is 9.58. The lowest BCUT2D eigenvalue weighted by Crippen LogP contribution is -2.39. The molecule has 0 spiro atoms. The number of nitrogens with zero attached hydrogens (tertiary/aromatic N) is 2. The SMILES string of the molecule is CC(C)OCC1(C)CN=C(Nc2cc(F)c(Oc3ccnc4[nH]cc(C(C)C)c34)c(F)c2)OC1. The standard InChI is InChI=1S/C25H30F2N4O3/c1-14(2)17-10-29-23-21(17)20(6-7-28-23)34-22-18(26)8-16(9-19(22)27)31-24-30-11-25(5,13-33-24)12-32-15(3)4/h6-10,14-15H,11-13H2,1-5H3,(H,28,29)(H,30,31). The van der Waals surface area contributed by atoms with Gasteiger partial charge in [0.05, 0.1) is 24.6 Å². The minimum absolute atomic E-state index is 0.115. The molecule has 2 aromatic heterocycles. The quantitative estimate of drug-likeness (QED) is 0.442. The molecule has 0 aliphatic carbocycles. The number of aromatic amines is 1. The van der Waals surface area contributed by atoms with Crippen LogP contribution < -0.4 is 10.1 Å². The van der Waals surface area contributed by atoms with Gasteiger partial charge in [-0.15, -0.1) is 0 Å². The van der Waals surface area contributed by atoms with E-state index in [1.165, 1.54) is 6.20 Å². The third-order valence-electron chi connectivity index (χ3n) is 5.58. The van der Waals surface area contributed by atoms with Gasteiger partial charge in [-0.1, -0.05) is 20.8 Å². The van der Waals surface area contributed by atoms with Crippen molar-refractivity contribution in [2.75, 3.05) is 25.1 Å². The molecule has 0 radical (unpaired) electrons. The van der Waals surface area contributed by atoms with Crippen molar-refractivity contribution in [2.45, 2.75) is 46.6 Å². The van der Waals surface area contributed by atoms with Crippen LogP contribution in [0.25, 0.3) is 11.0 Å². The summed E-state index contributed by atoms with van der Waals surface area (Å²) >= 11 is 0. The second-order valence-electron chi connectivity index (χ2n) is 9.51. The molecular formula is C25H30F2N4O3. The number of hydrogen-bond acceptors (Lipinski definition) is 6. The smallest absolute Gasteiger partial charge is 0.289 e. The summed E-state index contributed by atoms with van der Waals surface area (Å²) in [5.41, 5.74) is 1.47. The van der Waals surface area contributed by atoms with Crippen molar-refractivity contribution in [2.24, 2.45) is 10.4 Å². The van der Waals surface area contributed by atoms with E-state index in [4.69, 9.17) is 14.2 Å². The zero-order chi connectivity index (χ0) is 24.5. The lowest BCUT2D eigenvalue weighted by Gasteiger charge is -2.32. The lowest BCUT2D eigenvalue weighted by atomic mass is 9.92. The summed E-state index contributed by atoms with van der Waals surface area (Å²) in [5.74, 6) is -1.67. The molecule has 0 saturated heterocycles. The fourth-order valence-corrected chi connectivity index (χ4v) is 3.68. The minimum Gasteiger partial charge on any atom is -0.464 e. The van der Waals surface area contributed by atoms with Crippen molar-refractivity contribution in [1.82, 2.24) is 9.97 Å². The van der Waals surface area contributed by atoms with Crippen LogP contribution in [0.5, 0.6) is 11.5 Å². The number of halogens is 2. The maximum atomic E-state index is 14.9. The maximum Gasteiger partial charge on any atom is 0.289 e. The molecule has 0 amide bonds. The number of hydrogen-bond donors (Lipinski definition) is 2. The van der Waals surface area contributed by atoms with Gasteiger partial charge in [0.25, 0.3) is 6.02 Å². The van der Waals surface area contributed by atoms with Crippen LogP contribution in [0.3, 0.4) is 0 Å². The third kappa shape index (κ3) is 5.14. The van der Waals surface area contributed by atoms with Crippen molar-refractivity contribution in [3.63, 3.8) is 0 Å². The van der Waals surface area contributed by atoms with Gasteiger partial charge in [-0.2, -0.15) is 0 Å². The Balaban J connectivity index is 1.51. The molecule has 34 heavy (non-hydrogen) atoms. The number of aromatic nitrogens is 2. The summed E-state index contributed by atoms with van der Waals surface area (Å²) in [6, 6.07) is 4.11. The number of ether oxygens (including phenoxy) is 3. The highest BCUT2D eigenvalue weighted by Gasteiger charge is 2.30. The van der Waals surface area contributed by atoms with Gasteiger partial charge in [-0.25, -0.2) is 18.8 Å². The van der Waals surface area contributed by atoms with E-state index in [2.05, 4.69) is 20.3 Å². The molecule has 0 saturated carbocycles. The average Bonchev–Trinajstić information content (AvgIpc) is 3.22. The first kappa shape index (κ1) is 23.9.